The SMILES string of the molecule is CCOc1ccc(C(=O)NC2CCN(C3CC(c4ccccc4)NN3)CC2)cc1OCC. The molecule has 172 valence electrons. The van der Waals surface area contributed by atoms with E-state index in [4.69, 9.17) is 9.47 Å². The largest absolute Gasteiger partial charge is 0.490 e. The van der Waals surface area contributed by atoms with E-state index in [0.29, 0.717) is 42.5 Å². The van der Waals surface area contributed by atoms with Crippen molar-refractivity contribution >= 4 is 5.91 Å². The molecule has 2 aliphatic heterocycles. The summed E-state index contributed by atoms with van der Waals surface area (Å²) in [5.74, 6) is 1.23. The smallest absolute Gasteiger partial charge is 0.251 e. The van der Waals surface area contributed by atoms with Gasteiger partial charge in [-0.05, 0) is 56.9 Å². The van der Waals surface area contributed by atoms with Crippen LogP contribution < -0.4 is 25.6 Å². The number of piperidine rings is 1. The lowest BCUT2D eigenvalue weighted by Crippen LogP contribution is -2.51. The first kappa shape index (κ1) is 22.6. The summed E-state index contributed by atoms with van der Waals surface area (Å²) in [6.45, 7) is 6.85. The van der Waals surface area contributed by atoms with Crippen molar-refractivity contribution in [2.24, 2.45) is 0 Å². The van der Waals surface area contributed by atoms with Crippen LogP contribution in [0.25, 0.3) is 0 Å². The fraction of sp³-hybridized carbons (Fsp3) is 0.480. The Kier molecular flexibility index (Phi) is 7.63. The van der Waals surface area contributed by atoms with Gasteiger partial charge in [0.15, 0.2) is 11.5 Å². The summed E-state index contributed by atoms with van der Waals surface area (Å²) >= 11 is 0. The molecule has 2 atom stereocenters. The molecule has 0 aliphatic carbocycles. The molecule has 32 heavy (non-hydrogen) atoms. The Morgan fingerprint density at radius 2 is 1.72 bits per heavy atom. The summed E-state index contributed by atoms with van der Waals surface area (Å²) in [5, 5.41) is 3.20. The number of likely N-dealkylation sites (tertiary alicyclic amines) is 1. The van der Waals surface area contributed by atoms with Crippen molar-refractivity contribution in [1.29, 1.82) is 0 Å². The van der Waals surface area contributed by atoms with Gasteiger partial charge in [-0.1, -0.05) is 30.3 Å². The Hall–Kier alpha value is -2.61. The number of nitrogens with zero attached hydrogens (tertiary/aromatic N) is 1. The van der Waals surface area contributed by atoms with E-state index < -0.39 is 0 Å². The second-order valence-corrected chi connectivity index (χ2v) is 8.31. The van der Waals surface area contributed by atoms with E-state index in [1.807, 2.05) is 26.0 Å². The summed E-state index contributed by atoms with van der Waals surface area (Å²) in [6, 6.07) is 16.5. The molecular weight excluding hydrogens is 404 g/mol. The highest BCUT2D eigenvalue weighted by molar-refractivity contribution is 5.95. The molecule has 0 spiro atoms. The second-order valence-electron chi connectivity index (χ2n) is 8.31. The molecule has 0 bridgehead atoms. The van der Waals surface area contributed by atoms with Crippen molar-refractivity contribution in [3.8, 4) is 11.5 Å². The standard InChI is InChI=1S/C25H34N4O3/c1-3-31-22-11-10-19(16-23(22)32-4-2)25(30)26-20-12-14-29(15-13-20)24-17-21(27-28-24)18-8-6-5-7-9-18/h5-11,16,20-21,24,27-28H,3-4,12-15,17H2,1-2H3,(H,26,30). The predicted octanol–water partition coefficient (Wildman–Crippen LogP) is 3.24. The van der Waals surface area contributed by atoms with Crippen LogP contribution >= 0.6 is 0 Å². The van der Waals surface area contributed by atoms with E-state index >= 15 is 0 Å². The number of benzene rings is 2. The van der Waals surface area contributed by atoms with E-state index in [1.54, 1.807) is 12.1 Å². The quantitative estimate of drug-likeness (QED) is 0.588. The van der Waals surface area contributed by atoms with Crippen molar-refractivity contribution in [2.75, 3.05) is 26.3 Å². The number of hydrogen-bond donors (Lipinski definition) is 3. The first-order chi connectivity index (χ1) is 15.7. The maximum absolute atomic E-state index is 12.8. The van der Waals surface area contributed by atoms with Crippen LogP contribution in [0.1, 0.15) is 55.1 Å². The van der Waals surface area contributed by atoms with E-state index in [9.17, 15) is 4.79 Å². The van der Waals surface area contributed by atoms with Crippen molar-refractivity contribution in [3.63, 3.8) is 0 Å². The Bertz CT molecular complexity index is 884. The molecular formula is C25H34N4O3. The van der Waals surface area contributed by atoms with Gasteiger partial charge in [0.2, 0.25) is 0 Å². The van der Waals surface area contributed by atoms with Crippen LogP contribution in [0.3, 0.4) is 0 Å². The molecule has 0 saturated carbocycles. The monoisotopic (exact) mass is 438 g/mol. The Morgan fingerprint density at radius 3 is 2.44 bits per heavy atom. The third-order valence-electron chi connectivity index (χ3n) is 6.20. The van der Waals surface area contributed by atoms with Gasteiger partial charge in [-0.15, -0.1) is 0 Å². The molecule has 2 aromatic rings. The Morgan fingerprint density at radius 1 is 1.00 bits per heavy atom. The molecule has 2 fully saturated rings. The van der Waals surface area contributed by atoms with Gasteiger partial charge in [0.1, 0.15) is 0 Å². The molecule has 2 saturated heterocycles. The van der Waals surface area contributed by atoms with Crippen LogP contribution in [0.4, 0.5) is 0 Å². The number of hydrazine groups is 1. The molecule has 7 heteroatoms. The molecule has 7 nitrogen and oxygen atoms in total. The molecule has 2 aliphatic rings. The number of hydrogen-bond acceptors (Lipinski definition) is 6. The zero-order valence-corrected chi connectivity index (χ0v) is 19.0. The molecule has 4 rings (SSSR count). The minimum absolute atomic E-state index is 0.0581. The molecule has 2 unspecified atom stereocenters. The number of rotatable bonds is 8. The lowest BCUT2D eigenvalue weighted by Gasteiger charge is -2.35. The minimum Gasteiger partial charge on any atom is -0.490 e. The van der Waals surface area contributed by atoms with E-state index in [0.717, 1.165) is 32.4 Å². The average molecular weight is 439 g/mol. The summed E-state index contributed by atoms with van der Waals surface area (Å²) in [5.41, 5.74) is 8.80. The number of carbonyl (C=O) groups excluding carboxylic acids is 1. The number of amides is 1. The molecule has 1 amide bonds. The van der Waals surface area contributed by atoms with Crippen LogP contribution in [0.2, 0.25) is 0 Å². The second kappa shape index (κ2) is 10.8. The Balaban J connectivity index is 1.28. The highest BCUT2D eigenvalue weighted by atomic mass is 16.5. The average Bonchev–Trinajstić information content (AvgIpc) is 3.32. The topological polar surface area (TPSA) is 74.9 Å². The van der Waals surface area contributed by atoms with Gasteiger partial charge in [0, 0.05) is 30.7 Å². The van der Waals surface area contributed by atoms with E-state index in [-0.39, 0.29) is 11.9 Å². The van der Waals surface area contributed by atoms with Crippen LogP contribution in [0.15, 0.2) is 48.5 Å². The van der Waals surface area contributed by atoms with E-state index in [1.165, 1.54) is 5.56 Å². The number of ether oxygens (including phenoxy) is 2. The fourth-order valence-corrected chi connectivity index (χ4v) is 4.50. The van der Waals surface area contributed by atoms with Crippen LogP contribution in [0.5, 0.6) is 11.5 Å². The van der Waals surface area contributed by atoms with Gasteiger partial charge in [-0.25, -0.2) is 10.9 Å². The summed E-state index contributed by atoms with van der Waals surface area (Å²) in [6.07, 6.45) is 3.23. The highest BCUT2D eigenvalue weighted by Crippen LogP contribution is 2.29. The molecule has 3 N–H and O–H groups in total. The van der Waals surface area contributed by atoms with Gasteiger partial charge in [0.25, 0.3) is 5.91 Å². The third-order valence-corrected chi connectivity index (χ3v) is 6.20. The molecule has 2 aromatic carbocycles. The first-order valence-electron chi connectivity index (χ1n) is 11.7. The fourth-order valence-electron chi connectivity index (χ4n) is 4.50. The third kappa shape index (κ3) is 5.41. The van der Waals surface area contributed by atoms with Gasteiger partial charge in [0.05, 0.1) is 19.4 Å². The summed E-state index contributed by atoms with van der Waals surface area (Å²) in [7, 11) is 0. The van der Waals surface area contributed by atoms with Gasteiger partial charge < -0.3 is 14.8 Å². The highest BCUT2D eigenvalue weighted by Gasteiger charge is 2.32. The number of carbonyl (C=O) groups is 1. The number of nitrogens with one attached hydrogen (secondary N) is 3. The molecule has 0 radical (unpaired) electrons. The zero-order valence-electron chi connectivity index (χ0n) is 19.0. The van der Waals surface area contributed by atoms with Gasteiger partial charge in [-0.2, -0.15) is 0 Å². The Labute approximate surface area is 190 Å². The lowest BCUT2D eigenvalue weighted by atomic mass is 10.0. The predicted molar refractivity (Wildman–Crippen MR) is 125 cm³/mol. The van der Waals surface area contributed by atoms with Crippen molar-refractivity contribution in [3.05, 3.63) is 59.7 Å². The minimum atomic E-state index is -0.0581. The van der Waals surface area contributed by atoms with Gasteiger partial charge in [-0.3, -0.25) is 9.69 Å². The van der Waals surface area contributed by atoms with Gasteiger partial charge >= 0.3 is 0 Å². The van der Waals surface area contributed by atoms with Crippen molar-refractivity contribution < 1.29 is 14.3 Å². The lowest BCUT2D eigenvalue weighted by molar-refractivity contribution is 0.0879. The summed E-state index contributed by atoms with van der Waals surface area (Å²) < 4.78 is 11.3. The maximum atomic E-state index is 12.8. The zero-order chi connectivity index (χ0) is 22.3. The van der Waals surface area contributed by atoms with Crippen LogP contribution in [-0.2, 0) is 0 Å². The van der Waals surface area contributed by atoms with Crippen molar-refractivity contribution in [1.82, 2.24) is 21.1 Å². The molecule has 2 heterocycles. The van der Waals surface area contributed by atoms with Crippen LogP contribution in [0, 0.1) is 0 Å². The van der Waals surface area contributed by atoms with Crippen molar-refractivity contribution in [2.45, 2.75) is 51.4 Å². The molecule has 0 aromatic heterocycles. The normalized spacial score (nSPS) is 21.9. The van der Waals surface area contributed by atoms with E-state index in [2.05, 4.69) is 45.3 Å². The van der Waals surface area contributed by atoms with Crippen LogP contribution in [-0.4, -0.2) is 49.3 Å². The first-order valence-corrected chi connectivity index (χ1v) is 11.7. The summed E-state index contributed by atoms with van der Waals surface area (Å²) in [4.78, 5) is 15.3. The maximum Gasteiger partial charge on any atom is 0.251 e.